The Labute approximate surface area is 232 Å². The zero-order valence-corrected chi connectivity index (χ0v) is 23.6. The average Bonchev–Trinajstić information content (AvgIpc) is 3.41. The van der Waals surface area contributed by atoms with Gasteiger partial charge in [-0.2, -0.15) is 0 Å². The van der Waals surface area contributed by atoms with Crippen molar-refractivity contribution in [3.05, 3.63) is 80.8 Å². The van der Waals surface area contributed by atoms with E-state index < -0.39 is 0 Å². The zero-order valence-electron chi connectivity index (χ0n) is 22.0. The Balaban J connectivity index is 1.69. The molecule has 2 aromatic carbocycles. The monoisotopic (exact) mass is 577 g/mol. The van der Waals surface area contributed by atoms with Gasteiger partial charge in [-0.3, -0.25) is 9.59 Å². The van der Waals surface area contributed by atoms with E-state index in [1.54, 1.807) is 0 Å². The molecule has 1 aliphatic carbocycles. The maximum Gasteiger partial charge on any atom is 0.253 e. The topological polar surface area (TPSA) is 110 Å². The number of alkyl halides is 1. The molecule has 4 rings (SSSR count). The Morgan fingerprint density at radius 1 is 1.13 bits per heavy atom. The van der Waals surface area contributed by atoms with Gasteiger partial charge in [0, 0.05) is 58.9 Å². The molecule has 0 aliphatic heterocycles. The van der Waals surface area contributed by atoms with Gasteiger partial charge in [0.1, 0.15) is 0 Å². The molecule has 0 unspecified atom stereocenters. The Morgan fingerprint density at radius 3 is 2.63 bits per heavy atom. The summed E-state index contributed by atoms with van der Waals surface area (Å²) in [6, 6.07) is 14.3. The molecule has 1 aromatic heterocycles. The van der Waals surface area contributed by atoms with E-state index >= 15 is 0 Å². The molecule has 7 nitrogen and oxygen atoms in total. The van der Waals surface area contributed by atoms with Crippen LogP contribution in [0.25, 0.3) is 11.1 Å². The number of H-pyrrole nitrogens is 1. The van der Waals surface area contributed by atoms with Crippen LogP contribution in [0.15, 0.2) is 47.3 Å². The van der Waals surface area contributed by atoms with Crippen molar-refractivity contribution < 1.29 is 4.79 Å². The van der Waals surface area contributed by atoms with Gasteiger partial charge in [0.25, 0.3) is 11.5 Å². The lowest BCUT2D eigenvalue weighted by Gasteiger charge is -2.20. The van der Waals surface area contributed by atoms with Crippen LogP contribution in [-0.2, 0) is 6.54 Å². The molecule has 8 heteroatoms. The first kappa shape index (κ1) is 27.6. The van der Waals surface area contributed by atoms with Crippen molar-refractivity contribution in [2.45, 2.75) is 58.5 Å². The van der Waals surface area contributed by atoms with Crippen LogP contribution in [0.2, 0.25) is 0 Å². The summed E-state index contributed by atoms with van der Waals surface area (Å²) in [6.45, 7) is 4.68. The van der Waals surface area contributed by atoms with E-state index in [0.717, 1.165) is 64.9 Å². The van der Waals surface area contributed by atoms with Gasteiger partial charge >= 0.3 is 0 Å². The lowest BCUT2D eigenvalue weighted by molar-refractivity contribution is 0.0950. The second-order valence-corrected chi connectivity index (χ2v) is 10.7. The number of aromatic nitrogens is 1. The Kier molecular flexibility index (Phi) is 9.39. The van der Waals surface area contributed by atoms with E-state index in [1.807, 2.05) is 50.2 Å². The van der Waals surface area contributed by atoms with Gasteiger partial charge in [-0.1, -0.05) is 40.9 Å². The third-order valence-corrected chi connectivity index (χ3v) is 7.60. The molecular formula is C30H36BrN5O2. The summed E-state index contributed by atoms with van der Waals surface area (Å²) >= 11 is 3.47. The quantitative estimate of drug-likeness (QED) is 0.107. The van der Waals surface area contributed by atoms with Crippen LogP contribution in [-0.4, -0.2) is 35.0 Å². The van der Waals surface area contributed by atoms with Crippen LogP contribution in [0.3, 0.4) is 0 Å². The number of amides is 1. The van der Waals surface area contributed by atoms with Crippen molar-refractivity contribution in [1.82, 2.24) is 10.3 Å². The number of nitrogens with one attached hydrogen (secondary N) is 5. The Morgan fingerprint density at radius 2 is 1.92 bits per heavy atom. The van der Waals surface area contributed by atoms with Gasteiger partial charge in [-0.25, -0.2) is 0 Å². The molecule has 1 amide bonds. The zero-order chi connectivity index (χ0) is 27.1. The highest BCUT2D eigenvalue weighted by atomic mass is 79.9. The highest BCUT2D eigenvalue weighted by Gasteiger charge is 2.21. The van der Waals surface area contributed by atoms with E-state index in [-0.39, 0.29) is 18.0 Å². The molecule has 200 valence electrons. The average molecular weight is 579 g/mol. The number of aromatic amines is 1. The van der Waals surface area contributed by atoms with Gasteiger partial charge in [0.05, 0.1) is 5.56 Å². The summed E-state index contributed by atoms with van der Waals surface area (Å²) in [6.07, 6.45) is 6.77. The number of anilines is 2. The number of pyridine rings is 1. The standard InChI is InChI=1S/C30H36BrN5O2/c1-19-13-20(2)35-30(38)27(19)18-34-29(37)25-15-22(21-7-5-10-24(14-21)33-12-6-11-31)16-28(26(25)17-32)36-23-8-3-4-9-23/h5,7,10,13-17,23,32-33,36H,3-4,6,8-9,11-12,18H2,1-2H3,(H,34,37)(H,35,38). The smallest absolute Gasteiger partial charge is 0.253 e. The predicted octanol–water partition coefficient (Wildman–Crippen LogP) is 6.14. The van der Waals surface area contributed by atoms with Crippen molar-refractivity contribution in [3.8, 4) is 11.1 Å². The van der Waals surface area contributed by atoms with Gasteiger partial charge < -0.3 is 26.3 Å². The van der Waals surface area contributed by atoms with E-state index in [9.17, 15) is 9.59 Å². The molecule has 1 saturated carbocycles. The molecule has 1 aliphatic rings. The molecule has 0 atom stereocenters. The van der Waals surface area contributed by atoms with E-state index in [0.29, 0.717) is 22.7 Å². The fourth-order valence-corrected chi connectivity index (χ4v) is 5.33. The number of carbonyl (C=O) groups is 1. The van der Waals surface area contributed by atoms with Crippen LogP contribution < -0.4 is 21.5 Å². The minimum absolute atomic E-state index is 0.111. The molecule has 0 radical (unpaired) electrons. The van der Waals surface area contributed by atoms with Crippen LogP contribution in [0, 0.1) is 19.3 Å². The van der Waals surface area contributed by atoms with Crippen molar-refractivity contribution in [3.63, 3.8) is 0 Å². The highest BCUT2D eigenvalue weighted by molar-refractivity contribution is 9.09. The molecule has 5 N–H and O–H groups in total. The summed E-state index contributed by atoms with van der Waals surface area (Å²) in [4.78, 5) is 28.8. The summed E-state index contributed by atoms with van der Waals surface area (Å²) < 4.78 is 0. The van der Waals surface area contributed by atoms with Crippen molar-refractivity contribution in [2.24, 2.45) is 0 Å². The van der Waals surface area contributed by atoms with Gasteiger partial charge in [0.15, 0.2) is 0 Å². The second-order valence-electron chi connectivity index (χ2n) is 9.93. The normalized spacial score (nSPS) is 13.3. The van der Waals surface area contributed by atoms with E-state index in [4.69, 9.17) is 5.41 Å². The predicted molar refractivity (Wildman–Crippen MR) is 160 cm³/mol. The molecule has 0 spiro atoms. The lowest BCUT2D eigenvalue weighted by Crippen LogP contribution is -2.29. The van der Waals surface area contributed by atoms with Crippen LogP contribution in [0.4, 0.5) is 11.4 Å². The van der Waals surface area contributed by atoms with Crippen LogP contribution in [0.5, 0.6) is 0 Å². The molecule has 1 heterocycles. The second kappa shape index (κ2) is 12.9. The minimum Gasteiger partial charge on any atom is -0.385 e. The van der Waals surface area contributed by atoms with Gasteiger partial charge in [-0.15, -0.1) is 0 Å². The van der Waals surface area contributed by atoms with Crippen LogP contribution in [0.1, 0.15) is 64.8 Å². The van der Waals surface area contributed by atoms with Gasteiger partial charge in [-0.05, 0) is 80.1 Å². The lowest BCUT2D eigenvalue weighted by atomic mass is 9.96. The van der Waals surface area contributed by atoms with E-state index in [1.165, 1.54) is 19.1 Å². The number of carbonyl (C=O) groups excluding carboxylic acids is 1. The molecule has 0 bridgehead atoms. The number of aryl methyl sites for hydroxylation is 2. The molecule has 1 fully saturated rings. The SMILES string of the molecule is Cc1cc(C)c(CNC(=O)c2cc(-c3cccc(NCCCBr)c3)cc(NC3CCCC3)c2C=N)c(=O)[nH]1. The summed E-state index contributed by atoms with van der Waals surface area (Å²) in [7, 11) is 0. The van der Waals surface area contributed by atoms with E-state index in [2.05, 4.69) is 42.9 Å². The molecule has 38 heavy (non-hydrogen) atoms. The first-order chi connectivity index (χ1) is 18.4. The Hall–Kier alpha value is -3.39. The fraction of sp³-hybridized carbons (Fsp3) is 0.367. The third-order valence-electron chi connectivity index (χ3n) is 7.04. The maximum absolute atomic E-state index is 13.5. The fourth-order valence-electron chi connectivity index (χ4n) is 5.05. The molecule has 3 aromatic rings. The summed E-state index contributed by atoms with van der Waals surface area (Å²) in [5, 5.41) is 19.1. The largest absolute Gasteiger partial charge is 0.385 e. The minimum atomic E-state index is -0.314. The number of halogens is 1. The molecule has 0 saturated heterocycles. The highest BCUT2D eigenvalue weighted by Crippen LogP contribution is 2.32. The maximum atomic E-state index is 13.5. The Bertz CT molecular complexity index is 1360. The first-order valence-electron chi connectivity index (χ1n) is 13.2. The summed E-state index contributed by atoms with van der Waals surface area (Å²) in [5.74, 6) is -0.314. The number of benzene rings is 2. The number of hydrogen-bond acceptors (Lipinski definition) is 5. The molecular weight excluding hydrogens is 542 g/mol. The van der Waals surface area contributed by atoms with Crippen molar-refractivity contribution in [1.29, 1.82) is 5.41 Å². The summed E-state index contributed by atoms with van der Waals surface area (Å²) in [5.41, 5.74) is 6.61. The number of hydrogen-bond donors (Lipinski definition) is 5. The number of rotatable bonds is 11. The van der Waals surface area contributed by atoms with Crippen molar-refractivity contribution >= 4 is 39.4 Å². The van der Waals surface area contributed by atoms with Crippen molar-refractivity contribution in [2.75, 3.05) is 22.5 Å². The van der Waals surface area contributed by atoms with Gasteiger partial charge in [0.2, 0.25) is 0 Å². The van der Waals surface area contributed by atoms with Crippen LogP contribution >= 0.6 is 15.9 Å². The first-order valence-corrected chi connectivity index (χ1v) is 14.3. The third kappa shape index (κ3) is 6.72.